The molecule has 1 aromatic carbocycles. The van der Waals surface area contributed by atoms with Gasteiger partial charge in [0.1, 0.15) is 11.5 Å². The summed E-state index contributed by atoms with van der Waals surface area (Å²) in [6.45, 7) is 2.02. The fraction of sp³-hybridized carbons (Fsp3) is 0.188. The van der Waals surface area contributed by atoms with E-state index in [1.54, 1.807) is 18.3 Å². The average Bonchev–Trinajstić information content (AvgIpc) is 2.92. The molecule has 0 radical (unpaired) electrons. The zero-order valence-corrected chi connectivity index (χ0v) is 14.1. The molecule has 2 aromatic heterocycles. The quantitative estimate of drug-likeness (QED) is 0.650. The Morgan fingerprint density at radius 1 is 1.22 bits per heavy atom. The Balaban J connectivity index is 1.83. The number of nitrogens with zero attached hydrogens (tertiary/aromatic N) is 4. The molecule has 3 aromatic rings. The third-order valence-electron chi connectivity index (χ3n) is 3.42. The third-order valence-corrected chi connectivity index (χ3v) is 4.91. The Morgan fingerprint density at radius 3 is 2.74 bits per heavy atom. The van der Waals surface area contributed by atoms with Crippen LogP contribution < -0.4 is 0 Å². The number of aromatic nitrogens is 4. The Labute approximate surface area is 142 Å². The van der Waals surface area contributed by atoms with Gasteiger partial charge in [-0.05, 0) is 36.8 Å². The number of halogens is 2. The topological polar surface area (TPSA) is 43.6 Å². The predicted octanol–water partition coefficient (Wildman–Crippen LogP) is 4.52. The van der Waals surface area contributed by atoms with Crippen molar-refractivity contribution in [2.75, 3.05) is 0 Å². The van der Waals surface area contributed by atoms with Gasteiger partial charge >= 0.3 is 0 Å². The van der Waals surface area contributed by atoms with E-state index in [1.807, 2.05) is 36.7 Å². The molecule has 23 heavy (non-hydrogen) atoms. The van der Waals surface area contributed by atoms with Crippen LogP contribution in [0, 0.1) is 5.82 Å². The van der Waals surface area contributed by atoms with Crippen LogP contribution in [0.2, 0.25) is 5.02 Å². The number of thioether (sulfide) groups is 1. The zero-order valence-electron chi connectivity index (χ0n) is 12.6. The minimum Gasteiger partial charge on any atom is -0.304 e. The fourth-order valence-corrected chi connectivity index (χ4v) is 3.25. The van der Waals surface area contributed by atoms with E-state index in [-0.39, 0.29) is 10.3 Å². The van der Waals surface area contributed by atoms with Crippen LogP contribution in [-0.2, 0) is 7.05 Å². The number of rotatable bonds is 4. The Kier molecular flexibility index (Phi) is 4.63. The van der Waals surface area contributed by atoms with E-state index in [4.69, 9.17) is 11.6 Å². The molecule has 0 saturated heterocycles. The summed E-state index contributed by atoms with van der Waals surface area (Å²) in [7, 11) is 1.90. The van der Waals surface area contributed by atoms with Gasteiger partial charge in [-0.1, -0.05) is 35.5 Å². The largest absolute Gasteiger partial charge is 0.304 e. The van der Waals surface area contributed by atoms with Crippen LogP contribution in [0.3, 0.4) is 0 Å². The summed E-state index contributed by atoms with van der Waals surface area (Å²) >= 11 is 7.38. The first-order valence-corrected chi connectivity index (χ1v) is 8.24. The van der Waals surface area contributed by atoms with Gasteiger partial charge in [0.15, 0.2) is 11.0 Å². The maximum absolute atomic E-state index is 13.3. The second-order valence-corrected chi connectivity index (χ2v) is 6.73. The van der Waals surface area contributed by atoms with E-state index >= 15 is 0 Å². The van der Waals surface area contributed by atoms with Crippen molar-refractivity contribution in [2.45, 2.75) is 17.3 Å². The molecule has 0 aliphatic rings. The van der Waals surface area contributed by atoms with Crippen LogP contribution in [0.15, 0.2) is 47.8 Å². The van der Waals surface area contributed by atoms with Gasteiger partial charge in [-0.25, -0.2) is 4.39 Å². The minimum atomic E-state index is -0.413. The van der Waals surface area contributed by atoms with Gasteiger partial charge < -0.3 is 4.57 Å². The van der Waals surface area contributed by atoms with Gasteiger partial charge in [0, 0.05) is 18.5 Å². The Bertz CT molecular complexity index is 822. The lowest BCUT2D eigenvalue weighted by atomic mass is 10.2. The predicted molar refractivity (Wildman–Crippen MR) is 89.9 cm³/mol. The molecule has 1 atom stereocenters. The van der Waals surface area contributed by atoms with E-state index in [0.29, 0.717) is 5.82 Å². The molecule has 3 rings (SSSR count). The number of hydrogen-bond donors (Lipinski definition) is 0. The van der Waals surface area contributed by atoms with Crippen molar-refractivity contribution < 1.29 is 4.39 Å². The highest BCUT2D eigenvalue weighted by atomic mass is 35.5. The second kappa shape index (κ2) is 6.68. The molecular formula is C16H14ClFN4S. The molecule has 0 bridgehead atoms. The lowest BCUT2D eigenvalue weighted by Gasteiger charge is -2.11. The Morgan fingerprint density at radius 2 is 2.04 bits per heavy atom. The van der Waals surface area contributed by atoms with Gasteiger partial charge in [-0.15, -0.1) is 10.2 Å². The number of pyridine rings is 1. The summed E-state index contributed by atoms with van der Waals surface area (Å²) in [6.07, 6.45) is 1.72. The summed E-state index contributed by atoms with van der Waals surface area (Å²) in [6, 6.07) is 10.4. The normalized spacial score (nSPS) is 12.3. The van der Waals surface area contributed by atoms with Crippen molar-refractivity contribution in [3.05, 3.63) is 59.0 Å². The van der Waals surface area contributed by atoms with Crippen LogP contribution in [0.4, 0.5) is 4.39 Å². The molecule has 4 nitrogen and oxygen atoms in total. The van der Waals surface area contributed by atoms with Crippen LogP contribution in [0.1, 0.15) is 17.7 Å². The van der Waals surface area contributed by atoms with Crippen LogP contribution in [0.25, 0.3) is 11.5 Å². The van der Waals surface area contributed by atoms with E-state index in [1.165, 1.54) is 17.8 Å². The minimum absolute atomic E-state index is 0.0626. The molecule has 0 fully saturated rings. The highest BCUT2D eigenvalue weighted by molar-refractivity contribution is 7.99. The lowest BCUT2D eigenvalue weighted by molar-refractivity contribution is 0.627. The van der Waals surface area contributed by atoms with Crippen LogP contribution >= 0.6 is 23.4 Å². The van der Waals surface area contributed by atoms with E-state index < -0.39 is 5.82 Å². The molecule has 118 valence electrons. The maximum atomic E-state index is 13.3. The molecule has 0 aliphatic carbocycles. The smallest absolute Gasteiger partial charge is 0.191 e. The SMILES string of the molecule is C[C@@H](Sc1nnc(-c2ccccn2)n1C)c1ccc(F)c(Cl)c1. The second-order valence-electron chi connectivity index (χ2n) is 5.01. The van der Waals surface area contributed by atoms with Crippen molar-refractivity contribution in [1.29, 1.82) is 0 Å². The van der Waals surface area contributed by atoms with Crippen LogP contribution in [-0.4, -0.2) is 19.7 Å². The molecule has 2 heterocycles. The van der Waals surface area contributed by atoms with E-state index in [2.05, 4.69) is 15.2 Å². The first-order chi connectivity index (χ1) is 11.1. The van der Waals surface area contributed by atoms with E-state index in [0.717, 1.165) is 16.4 Å². The number of hydrogen-bond acceptors (Lipinski definition) is 4. The highest BCUT2D eigenvalue weighted by Gasteiger charge is 2.16. The summed E-state index contributed by atoms with van der Waals surface area (Å²) in [4.78, 5) is 4.29. The first-order valence-electron chi connectivity index (χ1n) is 6.98. The van der Waals surface area contributed by atoms with Crippen LogP contribution in [0.5, 0.6) is 0 Å². The van der Waals surface area contributed by atoms with Crippen molar-refractivity contribution in [2.24, 2.45) is 7.05 Å². The molecule has 0 aliphatic heterocycles. The highest BCUT2D eigenvalue weighted by Crippen LogP contribution is 2.35. The molecule has 0 unspecified atom stereocenters. The molecular weight excluding hydrogens is 335 g/mol. The summed E-state index contributed by atoms with van der Waals surface area (Å²) < 4.78 is 15.2. The molecule has 0 spiro atoms. The summed E-state index contributed by atoms with van der Waals surface area (Å²) in [5.74, 6) is 0.293. The lowest BCUT2D eigenvalue weighted by Crippen LogP contribution is -1.98. The number of benzene rings is 1. The van der Waals surface area contributed by atoms with Gasteiger partial charge in [0.2, 0.25) is 0 Å². The molecule has 0 amide bonds. The van der Waals surface area contributed by atoms with Gasteiger partial charge in [0.25, 0.3) is 0 Å². The van der Waals surface area contributed by atoms with Gasteiger partial charge in [-0.2, -0.15) is 0 Å². The fourth-order valence-electron chi connectivity index (χ4n) is 2.13. The van der Waals surface area contributed by atoms with E-state index in [9.17, 15) is 4.39 Å². The standard InChI is InChI=1S/C16H14ClFN4S/c1-10(11-6-7-13(18)12(17)9-11)23-16-21-20-15(22(16)2)14-5-3-4-8-19-14/h3-10H,1-2H3/t10-/m1/s1. The van der Waals surface area contributed by atoms with Crippen molar-refractivity contribution in [1.82, 2.24) is 19.7 Å². The monoisotopic (exact) mass is 348 g/mol. The van der Waals surface area contributed by atoms with Gasteiger partial charge in [-0.3, -0.25) is 4.98 Å². The summed E-state index contributed by atoms with van der Waals surface area (Å²) in [5.41, 5.74) is 1.70. The van der Waals surface area contributed by atoms with Crippen molar-refractivity contribution in [3.63, 3.8) is 0 Å². The summed E-state index contributed by atoms with van der Waals surface area (Å²) in [5, 5.41) is 9.39. The maximum Gasteiger partial charge on any atom is 0.191 e. The molecule has 0 saturated carbocycles. The van der Waals surface area contributed by atoms with Gasteiger partial charge in [0.05, 0.1) is 5.02 Å². The third kappa shape index (κ3) is 3.38. The average molecular weight is 349 g/mol. The molecule has 0 N–H and O–H groups in total. The zero-order chi connectivity index (χ0) is 16.4. The first kappa shape index (κ1) is 16.0. The van der Waals surface area contributed by atoms with Crippen molar-refractivity contribution >= 4 is 23.4 Å². The molecule has 7 heteroatoms. The van der Waals surface area contributed by atoms with Crippen molar-refractivity contribution in [3.8, 4) is 11.5 Å². The Hall–Kier alpha value is -1.92.